The van der Waals surface area contributed by atoms with E-state index in [4.69, 9.17) is 5.11 Å². The van der Waals surface area contributed by atoms with Crippen LogP contribution in [0.3, 0.4) is 0 Å². The molecule has 0 aromatic rings. The van der Waals surface area contributed by atoms with Crippen molar-refractivity contribution in [3.63, 3.8) is 0 Å². The minimum atomic E-state index is -0.156. The van der Waals surface area contributed by atoms with Crippen LogP contribution in [-0.4, -0.2) is 71.5 Å². The summed E-state index contributed by atoms with van der Waals surface area (Å²) in [5, 5.41) is 14.5. The van der Waals surface area contributed by atoms with E-state index in [1.807, 2.05) is 6.92 Å². The summed E-state index contributed by atoms with van der Waals surface area (Å²) in [6, 6.07) is -0.124. The van der Waals surface area contributed by atoms with Gasteiger partial charge in [-0.2, -0.15) is 0 Å². The first kappa shape index (κ1) is 17.8. The van der Waals surface area contributed by atoms with Crippen LogP contribution >= 0.6 is 11.8 Å². The number of hydrogen-bond donors (Lipinski definition) is 3. The molecule has 0 aromatic carbocycles. The van der Waals surface area contributed by atoms with Gasteiger partial charge in [-0.3, -0.25) is 14.4 Å². The average Bonchev–Trinajstić information content (AvgIpc) is 2.80. The van der Waals surface area contributed by atoms with E-state index >= 15 is 0 Å². The highest BCUT2D eigenvalue weighted by molar-refractivity contribution is 8.00. The fraction of sp³-hybridized carbons (Fsp3) is 0.769. The molecule has 1 heterocycles. The Morgan fingerprint density at radius 3 is 2.62 bits per heavy atom. The van der Waals surface area contributed by atoms with Gasteiger partial charge >= 0.3 is 0 Å². The first-order valence-corrected chi connectivity index (χ1v) is 8.25. The van der Waals surface area contributed by atoms with Crippen molar-refractivity contribution in [2.24, 2.45) is 0 Å². The van der Waals surface area contributed by atoms with E-state index in [0.29, 0.717) is 32.5 Å². The fourth-order valence-electron chi connectivity index (χ4n) is 2.14. The minimum absolute atomic E-state index is 0.0221. The summed E-state index contributed by atoms with van der Waals surface area (Å²) in [5.74, 6) is 0.265. The van der Waals surface area contributed by atoms with Crippen LogP contribution in [0.2, 0.25) is 0 Å². The lowest BCUT2D eigenvalue weighted by molar-refractivity contribution is -0.130. The van der Waals surface area contributed by atoms with Crippen LogP contribution in [0.15, 0.2) is 0 Å². The molecule has 1 saturated heterocycles. The van der Waals surface area contributed by atoms with Gasteiger partial charge in [0.25, 0.3) is 0 Å². The summed E-state index contributed by atoms with van der Waals surface area (Å²) < 4.78 is 0. The molecule has 0 bridgehead atoms. The van der Waals surface area contributed by atoms with Gasteiger partial charge in [0.1, 0.15) is 0 Å². The first-order chi connectivity index (χ1) is 10.1. The lowest BCUT2D eigenvalue weighted by Gasteiger charge is -2.23. The van der Waals surface area contributed by atoms with Gasteiger partial charge in [0, 0.05) is 26.1 Å². The second-order valence-corrected chi connectivity index (χ2v) is 5.74. The Morgan fingerprint density at radius 1 is 1.33 bits per heavy atom. The predicted octanol–water partition coefficient (Wildman–Crippen LogP) is -1.04. The lowest BCUT2D eigenvalue weighted by atomic mass is 10.2. The highest BCUT2D eigenvalue weighted by Gasteiger charge is 2.29. The van der Waals surface area contributed by atoms with Gasteiger partial charge in [-0.25, -0.2) is 0 Å². The number of likely N-dealkylation sites (tertiary alicyclic amines) is 1. The Bertz CT molecular complexity index is 378. The number of nitrogens with zero attached hydrogens (tertiary/aromatic N) is 1. The number of thioether (sulfide) groups is 1. The van der Waals surface area contributed by atoms with E-state index in [0.717, 1.165) is 0 Å². The van der Waals surface area contributed by atoms with Crippen molar-refractivity contribution in [1.82, 2.24) is 15.5 Å². The monoisotopic (exact) mass is 317 g/mol. The molecule has 0 aromatic heterocycles. The molecule has 1 rings (SSSR count). The van der Waals surface area contributed by atoms with E-state index in [9.17, 15) is 14.4 Å². The third kappa shape index (κ3) is 6.34. The lowest BCUT2D eigenvalue weighted by Crippen LogP contribution is -2.41. The van der Waals surface area contributed by atoms with Crippen molar-refractivity contribution in [1.29, 1.82) is 0 Å². The molecule has 1 atom stereocenters. The number of nitrogens with one attached hydrogen (secondary N) is 2. The van der Waals surface area contributed by atoms with Crippen LogP contribution in [-0.2, 0) is 14.4 Å². The van der Waals surface area contributed by atoms with Crippen molar-refractivity contribution in [3.05, 3.63) is 0 Å². The SMILES string of the molecule is CCNC(=O)CSCC(=O)NCCN1C(=O)CC[C@H]1CO. The Balaban J connectivity index is 2.13. The van der Waals surface area contributed by atoms with Crippen molar-refractivity contribution in [3.8, 4) is 0 Å². The molecule has 8 heteroatoms. The smallest absolute Gasteiger partial charge is 0.230 e. The molecule has 0 saturated carbocycles. The van der Waals surface area contributed by atoms with Crippen LogP contribution < -0.4 is 10.6 Å². The molecule has 7 nitrogen and oxygen atoms in total. The molecule has 0 radical (unpaired) electrons. The summed E-state index contributed by atoms with van der Waals surface area (Å²) >= 11 is 1.25. The molecule has 3 amide bonds. The second-order valence-electron chi connectivity index (χ2n) is 4.76. The summed E-state index contributed by atoms with van der Waals surface area (Å²) in [6.07, 6.45) is 1.13. The molecule has 0 aliphatic carbocycles. The standard InChI is InChI=1S/C13H23N3O4S/c1-2-14-11(18)8-21-9-12(19)15-5-6-16-10(7-17)3-4-13(16)20/h10,17H,2-9H2,1H3,(H,14,18)(H,15,19)/t10-/m0/s1. The Morgan fingerprint density at radius 2 is 2.00 bits per heavy atom. The van der Waals surface area contributed by atoms with Gasteiger partial charge in [-0.05, 0) is 13.3 Å². The molecule has 1 aliphatic rings. The maximum Gasteiger partial charge on any atom is 0.230 e. The molecule has 21 heavy (non-hydrogen) atoms. The first-order valence-electron chi connectivity index (χ1n) is 7.10. The largest absolute Gasteiger partial charge is 0.394 e. The number of carbonyl (C=O) groups is 3. The number of rotatable bonds is 9. The predicted molar refractivity (Wildman–Crippen MR) is 80.8 cm³/mol. The summed E-state index contributed by atoms with van der Waals surface area (Å²) in [7, 11) is 0. The number of carbonyl (C=O) groups excluding carboxylic acids is 3. The maximum atomic E-state index is 11.6. The zero-order valence-electron chi connectivity index (χ0n) is 12.3. The summed E-state index contributed by atoms with van der Waals surface area (Å²) in [6.45, 7) is 3.16. The molecule has 120 valence electrons. The zero-order chi connectivity index (χ0) is 15.7. The van der Waals surface area contributed by atoms with Gasteiger partial charge in [0.05, 0.1) is 24.2 Å². The second kappa shape index (κ2) is 9.62. The van der Waals surface area contributed by atoms with E-state index in [-0.39, 0.29) is 41.9 Å². The Kier molecular flexibility index (Phi) is 8.14. The summed E-state index contributed by atoms with van der Waals surface area (Å²) in [4.78, 5) is 36.0. The van der Waals surface area contributed by atoms with Crippen LogP contribution in [0.25, 0.3) is 0 Å². The zero-order valence-corrected chi connectivity index (χ0v) is 13.1. The third-order valence-corrected chi connectivity index (χ3v) is 4.11. The Labute approximate surface area is 128 Å². The van der Waals surface area contributed by atoms with Crippen molar-refractivity contribution < 1.29 is 19.5 Å². The number of aliphatic hydroxyl groups excluding tert-OH is 1. The summed E-state index contributed by atoms with van der Waals surface area (Å²) in [5.41, 5.74) is 0. The number of hydrogen-bond acceptors (Lipinski definition) is 5. The third-order valence-electron chi connectivity index (χ3n) is 3.18. The molecular formula is C13H23N3O4S. The van der Waals surface area contributed by atoms with Crippen LogP contribution in [0.1, 0.15) is 19.8 Å². The van der Waals surface area contributed by atoms with Gasteiger partial charge in [-0.1, -0.05) is 0 Å². The van der Waals surface area contributed by atoms with Crippen molar-refractivity contribution in [2.75, 3.05) is 37.7 Å². The van der Waals surface area contributed by atoms with Gasteiger partial charge in [-0.15, -0.1) is 11.8 Å². The molecule has 0 unspecified atom stereocenters. The molecule has 1 fully saturated rings. The number of aliphatic hydroxyl groups is 1. The quantitative estimate of drug-likeness (QED) is 0.504. The van der Waals surface area contributed by atoms with Crippen molar-refractivity contribution in [2.45, 2.75) is 25.8 Å². The van der Waals surface area contributed by atoms with E-state index < -0.39 is 0 Å². The fourth-order valence-corrected chi connectivity index (χ4v) is 2.82. The normalized spacial score (nSPS) is 17.9. The molecule has 0 spiro atoms. The van der Waals surface area contributed by atoms with Crippen LogP contribution in [0.4, 0.5) is 0 Å². The van der Waals surface area contributed by atoms with Crippen molar-refractivity contribution >= 4 is 29.5 Å². The number of amides is 3. The van der Waals surface area contributed by atoms with E-state index in [1.165, 1.54) is 11.8 Å². The van der Waals surface area contributed by atoms with Gasteiger partial charge in [0.15, 0.2) is 0 Å². The molecule has 1 aliphatic heterocycles. The highest BCUT2D eigenvalue weighted by Crippen LogP contribution is 2.17. The van der Waals surface area contributed by atoms with Gasteiger partial charge < -0.3 is 20.6 Å². The van der Waals surface area contributed by atoms with Gasteiger partial charge in [0.2, 0.25) is 17.7 Å². The van der Waals surface area contributed by atoms with Crippen LogP contribution in [0.5, 0.6) is 0 Å². The van der Waals surface area contributed by atoms with E-state index in [1.54, 1.807) is 4.90 Å². The van der Waals surface area contributed by atoms with E-state index in [2.05, 4.69) is 10.6 Å². The topological polar surface area (TPSA) is 98.7 Å². The Hall–Kier alpha value is -1.28. The maximum absolute atomic E-state index is 11.6. The van der Waals surface area contributed by atoms with Crippen LogP contribution in [0, 0.1) is 0 Å². The minimum Gasteiger partial charge on any atom is -0.394 e. The molecular weight excluding hydrogens is 294 g/mol. The highest BCUT2D eigenvalue weighted by atomic mass is 32.2. The average molecular weight is 317 g/mol. The molecule has 3 N–H and O–H groups in total.